The highest BCUT2D eigenvalue weighted by Crippen LogP contribution is 2.31. The third kappa shape index (κ3) is 2.38. The number of ether oxygens (including phenoxy) is 1. The number of carbonyl (C=O) groups is 1. The van der Waals surface area contributed by atoms with Crippen molar-refractivity contribution in [1.82, 2.24) is 5.32 Å². The number of rotatable bonds is 2. The Morgan fingerprint density at radius 3 is 2.84 bits per heavy atom. The molecular formula is C15H20N2O2. The van der Waals surface area contributed by atoms with Gasteiger partial charge in [-0.25, -0.2) is 0 Å². The average molecular weight is 260 g/mol. The Bertz CT molecular complexity index is 481. The lowest BCUT2D eigenvalue weighted by Crippen LogP contribution is -2.57. The molecule has 0 spiro atoms. The maximum Gasteiger partial charge on any atom is 0.240 e. The van der Waals surface area contributed by atoms with Crippen LogP contribution in [-0.4, -0.2) is 24.7 Å². The number of nitrogens with two attached hydrogens (primary N) is 1. The minimum Gasteiger partial charge on any atom is -0.381 e. The van der Waals surface area contributed by atoms with Gasteiger partial charge in [-0.05, 0) is 36.8 Å². The van der Waals surface area contributed by atoms with Crippen molar-refractivity contribution in [2.75, 3.05) is 13.2 Å². The highest BCUT2D eigenvalue weighted by atomic mass is 16.5. The molecule has 1 fully saturated rings. The summed E-state index contributed by atoms with van der Waals surface area (Å²) in [6, 6.07) is 8.42. The van der Waals surface area contributed by atoms with Crippen LogP contribution in [-0.2, 0) is 16.0 Å². The van der Waals surface area contributed by atoms with Crippen LogP contribution < -0.4 is 11.1 Å². The van der Waals surface area contributed by atoms with Crippen LogP contribution in [0.3, 0.4) is 0 Å². The first-order valence-corrected chi connectivity index (χ1v) is 6.94. The summed E-state index contributed by atoms with van der Waals surface area (Å²) in [6.07, 6.45) is 3.21. The maximum atomic E-state index is 12.4. The number of hydrogen-bond acceptors (Lipinski definition) is 3. The Kier molecular flexibility index (Phi) is 3.29. The highest BCUT2D eigenvalue weighted by Gasteiger charge is 2.37. The predicted octanol–water partition coefficient (Wildman–Crippen LogP) is 1.30. The second kappa shape index (κ2) is 4.94. The monoisotopic (exact) mass is 260 g/mol. The largest absolute Gasteiger partial charge is 0.381 e. The zero-order chi connectivity index (χ0) is 13.3. The molecule has 1 aliphatic heterocycles. The lowest BCUT2D eigenvalue weighted by atomic mass is 9.90. The first-order valence-electron chi connectivity index (χ1n) is 6.94. The van der Waals surface area contributed by atoms with Crippen LogP contribution in [0.5, 0.6) is 0 Å². The number of nitrogens with one attached hydrogen (secondary N) is 1. The standard InChI is InChI=1S/C15H20N2O2/c16-15(7-9-19-10-8-15)14(18)17-13-6-5-11-3-1-2-4-12(11)13/h1-4,13H,5-10,16H2,(H,17,18). The molecule has 0 aromatic heterocycles. The number of hydrogen-bond donors (Lipinski definition) is 2. The van der Waals surface area contributed by atoms with Gasteiger partial charge in [-0.15, -0.1) is 0 Å². The maximum absolute atomic E-state index is 12.4. The van der Waals surface area contributed by atoms with Crippen molar-refractivity contribution in [3.63, 3.8) is 0 Å². The molecule has 1 aliphatic carbocycles. The number of amides is 1. The Balaban J connectivity index is 1.71. The van der Waals surface area contributed by atoms with Crippen LogP contribution >= 0.6 is 0 Å². The minimum absolute atomic E-state index is 0.0301. The smallest absolute Gasteiger partial charge is 0.240 e. The quantitative estimate of drug-likeness (QED) is 0.842. The van der Waals surface area contributed by atoms with E-state index in [4.69, 9.17) is 10.5 Å². The van der Waals surface area contributed by atoms with Crippen LogP contribution in [0, 0.1) is 0 Å². The van der Waals surface area contributed by atoms with E-state index in [0.717, 1.165) is 12.8 Å². The van der Waals surface area contributed by atoms with Crippen LogP contribution in [0.15, 0.2) is 24.3 Å². The van der Waals surface area contributed by atoms with Crippen LogP contribution in [0.4, 0.5) is 0 Å². The first-order chi connectivity index (χ1) is 9.19. The van der Waals surface area contributed by atoms with Gasteiger partial charge < -0.3 is 15.8 Å². The van der Waals surface area contributed by atoms with Crippen molar-refractivity contribution >= 4 is 5.91 Å². The summed E-state index contributed by atoms with van der Waals surface area (Å²) in [5.41, 5.74) is 8.04. The Hall–Kier alpha value is -1.39. The molecule has 2 aliphatic rings. The molecular weight excluding hydrogens is 240 g/mol. The van der Waals surface area contributed by atoms with Crippen LogP contribution in [0.2, 0.25) is 0 Å². The van der Waals surface area contributed by atoms with Gasteiger partial charge in [-0.1, -0.05) is 24.3 Å². The zero-order valence-electron chi connectivity index (χ0n) is 11.0. The van der Waals surface area contributed by atoms with Gasteiger partial charge in [0.1, 0.15) is 0 Å². The molecule has 1 saturated heterocycles. The molecule has 19 heavy (non-hydrogen) atoms. The van der Waals surface area contributed by atoms with E-state index >= 15 is 0 Å². The zero-order valence-corrected chi connectivity index (χ0v) is 11.0. The minimum atomic E-state index is -0.754. The predicted molar refractivity (Wildman–Crippen MR) is 72.6 cm³/mol. The Morgan fingerprint density at radius 2 is 2.05 bits per heavy atom. The van der Waals surface area contributed by atoms with Crippen LogP contribution in [0.25, 0.3) is 0 Å². The molecule has 1 heterocycles. The lowest BCUT2D eigenvalue weighted by Gasteiger charge is -2.33. The van der Waals surface area contributed by atoms with E-state index in [1.807, 2.05) is 12.1 Å². The van der Waals surface area contributed by atoms with E-state index in [1.54, 1.807) is 0 Å². The molecule has 0 bridgehead atoms. The van der Waals surface area contributed by atoms with Crippen molar-refractivity contribution in [2.45, 2.75) is 37.3 Å². The van der Waals surface area contributed by atoms with Crippen molar-refractivity contribution in [1.29, 1.82) is 0 Å². The molecule has 1 amide bonds. The number of aryl methyl sites for hydroxylation is 1. The van der Waals surface area contributed by atoms with Crippen molar-refractivity contribution in [3.8, 4) is 0 Å². The van der Waals surface area contributed by atoms with E-state index in [-0.39, 0.29) is 11.9 Å². The van der Waals surface area contributed by atoms with Gasteiger partial charge in [0, 0.05) is 13.2 Å². The fourth-order valence-electron chi connectivity index (χ4n) is 2.97. The number of carbonyl (C=O) groups excluding carboxylic acids is 1. The second-order valence-electron chi connectivity index (χ2n) is 5.53. The molecule has 0 radical (unpaired) electrons. The van der Waals surface area contributed by atoms with E-state index < -0.39 is 5.54 Å². The van der Waals surface area contributed by atoms with E-state index in [9.17, 15) is 4.79 Å². The average Bonchev–Trinajstić information content (AvgIpc) is 2.83. The summed E-state index contributed by atoms with van der Waals surface area (Å²) < 4.78 is 5.28. The molecule has 0 saturated carbocycles. The molecule has 1 unspecified atom stereocenters. The van der Waals surface area contributed by atoms with E-state index in [0.29, 0.717) is 26.1 Å². The summed E-state index contributed by atoms with van der Waals surface area (Å²) in [5.74, 6) is -0.0301. The Labute approximate surface area is 113 Å². The molecule has 4 nitrogen and oxygen atoms in total. The normalized spacial score (nSPS) is 24.8. The molecule has 4 heteroatoms. The van der Waals surface area contributed by atoms with Gasteiger partial charge in [0.25, 0.3) is 0 Å². The second-order valence-corrected chi connectivity index (χ2v) is 5.53. The first kappa shape index (κ1) is 12.6. The summed E-state index contributed by atoms with van der Waals surface area (Å²) >= 11 is 0. The summed E-state index contributed by atoms with van der Waals surface area (Å²) in [6.45, 7) is 1.15. The fraction of sp³-hybridized carbons (Fsp3) is 0.533. The van der Waals surface area contributed by atoms with E-state index in [2.05, 4.69) is 17.4 Å². The highest BCUT2D eigenvalue weighted by molar-refractivity contribution is 5.86. The van der Waals surface area contributed by atoms with Gasteiger partial charge in [0.15, 0.2) is 0 Å². The summed E-state index contributed by atoms with van der Waals surface area (Å²) in [4.78, 5) is 12.4. The molecule has 3 N–H and O–H groups in total. The fourth-order valence-corrected chi connectivity index (χ4v) is 2.97. The van der Waals surface area contributed by atoms with Crippen molar-refractivity contribution in [3.05, 3.63) is 35.4 Å². The molecule has 3 rings (SSSR count). The van der Waals surface area contributed by atoms with Gasteiger partial charge >= 0.3 is 0 Å². The summed E-state index contributed by atoms with van der Waals surface area (Å²) in [7, 11) is 0. The van der Waals surface area contributed by atoms with E-state index in [1.165, 1.54) is 11.1 Å². The van der Waals surface area contributed by atoms with Gasteiger partial charge in [0.2, 0.25) is 5.91 Å². The van der Waals surface area contributed by atoms with Gasteiger partial charge in [-0.2, -0.15) is 0 Å². The van der Waals surface area contributed by atoms with Gasteiger partial charge in [-0.3, -0.25) is 4.79 Å². The topological polar surface area (TPSA) is 64.4 Å². The summed E-state index contributed by atoms with van der Waals surface area (Å²) in [5, 5.41) is 3.13. The third-order valence-electron chi connectivity index (χ3n) is 4.28. The van der Waals surface area contributed by atoms with Crippen molar-refractivity contribution in [2.24, 2.45) is 5.73 Å². The Morgan fingerprint density at radius 1 is 1.32 bits per heavy atom. The van der Waals surface area contributed by atoms with Crippen LogP contribution in [0.1, 0.15) is 36.4 Å². The SMILES string of the molecule is NC1(C(=O)NC2CCc3ccccc32)CCOCC1. The molecule has 1 atom stereocenters. The molecule has 102 valence electrons. The molecule has 1 aromatic rings. The molecule has 1 aromatic carbocycles. The number of benzene rings is 1. The van der Waals surface area contributed by atoms with Gasteiger partial charge in [0.05, 0.1) is 11.6 Å². The van der Waals surface area contributed by atoms with Crippen molar-refractivity contribution < 1.29 is 9.53 Å². The number of fused-ring (bicyclic) bond motifs is 1. The lowest BCUT2D eigenvalue weighted by molar-refractivity contribution is -0.130. The third-order valence-corrected chi connectivity index (χ3v) is 4.28.